The molecule has 0 aliphatic heterocycles. The molecule has 0 aromatic rings. The first kappa shape index (κ1) is 16.0. The van der Waals surface area contributed by atoms with E-state index in [1.165, 1.54) is 25.7 Å². The molecule has 0 aromatic heterocycles. The molecule has 0 bridgehead atoms. The quantitative estimate of drug-likeness (QED) is 0.469. The summed E-state index contributed by atoms with van der Waals surface area (Å²) in [6.45, 7) is 6.59. The van der Waals surface area contributed by atoms with Crippen molar-refractivity contribution in [3.05, 3.63) is 0 Å². The first-order valence-corrected chi connectivity index (χ1v) is 6.15. The van der Waals surface area contributed by atoms with Crippen LogP contribution >= 0.6 is 24.0 Å². The molecule has 3 nitrogen and oxygen atoms in total. The Bertz CT molecular complexity index is 210. The Kier molecular flexibility index (Phi) is 8.14. The second-order valence-corrected chi connectivity index (χ2v) is 4.87. The van der Waals surface area contributed by atoms with Crippen LogP contribution in [0.15, 0.2) is 4.99 Å². The van der Waals surface area contributed by atoms with E-state index >= 15 is 0 Å². The van der Waals surface area contributed by atoms with Gasteiger partial charge in [0, 0.05) is 20.1 Å². The number of rotatable bonds is 4. The van der Waals surface area contributed by atoms with Crippen LogP contribution in [0.1, 0.15) is 46.0 Å². The maximum absolute atomic E-state index is 4.21. The van der Waals surface area contributed by atoms with Crippen LogP contribution in [0.2, 0.25) is 0 Å². The summed E-state index contributed by atoms with van der Waals surface area (Å²) >= 11 is 0. The van der Waals surface area contributed by atoms with E-state index in [9.17, 15) is 0 Å². The van der Waals surface area contributed by atoms with Crippen molar-refractivity contribution >= 4 is 29.9 Å². The van der Waals surface area contributed by atoms with E-state index in [4.69, 9.17) is 0 Å². The third kappa shape index (κ3) is 5.37. The van der Waals surface area contributed by atoms with Crippen LogP contribution in [-0.2, 0) is 0 Å². The summed E-state index contributed by atoms with van der Waals surface area (Å²) in [5.74, 6) is 0.949. The Morgan fingerprint density at radius 2 is 1.88 bits per heavy atom. The molecular weight excluding hydrogens is 313 g/mol. The number of guanidine groups is 1. The Balaban J connectivity index is 0.00000225. The lowest BCUT2D eigenvalue weighted by Crippen LogP contribution is -2.42. The molecule has 1 aliphatic rings. The molecule has 0 amide bonds. The normalized spacial score (nSPS) is 19.1. The van der Waals surface area contributed by atoms with Crippen molar-refractivity contribution in [1.82, 2.24) is 10.6 Å². The van der Waals surface area contributed by atoms with Gasteiger partial charge in [0.25, 0.3) is 0 Å². The molecule has 1 aliphatic carbocycles. The fourth-order valence-electron chi connectivity index (χ4n) is 2.17. The minimum atomic E-state index is 0. The largest absolute Gasteiger partial charge is 0.356 e. The second kappa shape index (κ2) is 8.14. The summed E-state index contributed by atoms with van der Waals surface area (Å²) in [4.78, 5) is 4.21. The van der Waals surface area contributed by atoms with Crippen molar-refractivity contribution in [3.8, 4) is 0 Å². The van der Waals surface area contributed by atoms with E-state index in [1.807, 2.05) is 7.05 Å². The molecule has 0 radical (unpaired) electrons. The third-order valence-electron chi connectivity index (χ3n) is 3.26. The van der Waals surface area contributed by atoms with Crippen LogP contribution in [0.5, 0.6) is 0 Å². The maximum atomic E-state index is 4.21. The number of halogens is 1. The zero-order valence-electron chi connectivity index (χ0n) is 10.8. The van der Waals surface area contributed by atoms with Crippen molar-refractivity contribution in [1.29, 1.82) is 0 Å². The van der Waals surface area contributed by atoms with Crippen molar-refractivity contribution in [3.63, 3.8) is 0 Å². The standard InChI is InChI=1S/C12H25N3.HI/c1-4-9-14-11(13-3)15-10-12(2)7-5-6-8-12;/h4-10H2,1-3H3,(H2,13,14,15);1H. The van der Waals surface area contributed by atoms with Gasteiger partial charge in [-0.05, 0) is 24.7 Å². The van der Waals surface area contributed by atoms with E-state index in [2.05, 4.69) is 29.5 Å². The highest BCUT2D eigenvalue weighted by Crippen LogP contribution is 2.36. The fourth-order valence-corrected chi connectivity index (χ4v) is 2.17. The monoisotopic (exact) mass is 339 g/mol. The zero-order valence-corrected chi connectivity index (χ0v) is 13.1. The minimum absolute atomic E-state index is 0. The summed E-state index contributed by atoms with van der Waals surface area (Å²) in [7, 11) is 1.84. The Labute approximate surface area is 117 Å². The van der Waals surface area contributed by atoms with Gasteiger partial charge in [-0.15, -0.1) is 24.0 Å². The summed E-state index contributed by atoms with van der Waals surface area (Å²) in [5, 5.41) is 6.72. The predicted octanol–water partition coefficient (Wildman–Crippen LogP) is 2.76. The van der Waals surface area contributed by atoms with Crippen LogP contribution in [0.4, 0.5) is 0 Å². The van der Waals surface area contributed by atoms with Gasteiger partial charge in [0.2, 0.25) is 0 Å². The van der Waals surface area contributed by atoms with Crippen molar-refractivity contribution in [2.45, 2.75) is 46.0 Å². The van der Waals surface area contributed by atoms with Gasteiger partial charge in [-0.25, -0.2) is 0 Å². The van der Waals surface area contributed by atoms with E-state index in [0.29, 0.717) is 5.41 Å². The Morgan fingerprint density at radius 1 is 1.25 bits per heavy atom. The topological polar surface area (TPSA) is 36.4 Å². The highest BCUT2D eigenvalue weighted by atomic mass is 127. The highest BCUT2D eigenvalue weighted by Gasteiger charge is 2.28. The van der Waals surface area contributed by atoms with Gasteiger partial charge in [0.15, 0.2) is 5.96 Å². The van der Waals surface area contributed by atoms with Gasteiger partial charge in [-0.2, -0.15) is 0 Å². The van der Waals surface area contributed by atoms with Gasteiger partial charge in [0.05, 0.1) is 0 Å². The Hall–Kier alpha value is 0. The molecule has 0 spiro atoms. The van der Waals surface area contributed by atoms with Crippen LogP contribution in [0.25, 0.3) is 0 Å². The number of hydrogen-bond acceptors (Lipinski definition) is 1. The molecule has 0 unspecified atom stereocenters. The van der Waals surface area contributed by atoms with Gasteiger partial charge in [0.1, 0.15) is 0 Å². The molecule has 0 atom stereocenters. The minimum Gasteiger partial charge on any atom is -0.356 e. The lowest BCUT2D eigenvalue weighted by molar-refractivity contribution is 0.334. The van der Waals surface area contributed by atoms with Gasteiger partial charge in [-0.1, -0.05) is 26.7 Å². The molecule has 16 heavy (non-hydrogen) atoms. The number of nitrogens with one attached hydrogen (secondary N) is 2. The molecular formula is C12H26IN3. The SMILES string of the molecule is CCCNC(=NC)NCC1(C)CCCC1.I. The molecule has 1 saturated carbocycles. The smallest absolute Gasteiger partial charge is 0.190 e. The first-order valence-electron chi connectivity index (χ1n) is 6.15. The van der Waals surface area contributed by atoms with Crippen LogP contribution in [0, 0.1) is 5.41 Å². The zero-order chi connectivity index (χ0) is 11.1. The van der Waals surface area contributed by atoms with E-state index in [1.54, 1.807) is 0 Å². The second-order valence-electron chi connectivity index (χ2n) is 4.87. The third-order valence-corrected chi connectivity index (χ3v) is 3.26. The summed E-state index contributed by atoms with van der Waals surface area (Å²) in [5.41, 5.74) is 0.490. The van der Waals surface area contributed by atoms with Crippen molar-refractivity contribution in [2.24, 2.45) is 10.4 Å². The van der Waals surface area contributed by atoms with Crippen molar-refractivity contribution < 1.29 is 0 Å². The molecule has 1 fully saturated rings. The van der Waals surface area contributed by atoms with Crippen LogP contribution < -0.4 is 10.6 Å². The molecule has 96 valence electrons. The molecule has 0 heterocycles. The first-order chi connectivity index (χ1) is 7.20. The predicted molar refractivity (Wildman–Crippen MR) is 81.6 cm³/mol. The Morgan fingerprint density at radius 3 is 2.38 bits per heavy atom. The summed E-state index contributed by atoms with van der Waals surface area (Å²) in [6.07, 6.45) is 6.62. The van der Waals surface area contributed by atoms with E-state index in [-0.39, 0.29) is 24.0 Å². The van der Waals surface area contributed by atoms with Crippen LogP contribution in [-0.4, -0.2) is 26.1 Å². The highest BCUT2D eigenvalue weighted by molar-refractivity contribution is 14.0. The molecule has 2 N–H and O–H groups in total. The van der Waals surface area contributed by atoms with E-state index < -0.39 is 0 Å². The number of nitrogens with zero attached hydrogens (tertiary/aromatic N) is 1. The molecule has 1 rings (SSSR count). The average molecular weight is 339 g/mol. The lowest BCUT2D eigenvalue weighted by Gasteiger charge is -2.25. The number of hydrogen-bond donors (Lipinski definition) is 2. The van der Waals surface area contributed by atoms with Crippen LogP contribution in [0.3, 0.4) is 0 Å². The summed E-state index contributed by atoms with van der Waals surface area (Å²) < 4.78 is 0. The number of aliphatic imine (C=N–C) groups is 1. The van der Waals surface area contributed by atoms with Gasteiger partial charge >= 0.3 is 0 Å². The molecule has 0 aromatic carbocycles. The van der Waals surface area contributed by atoms with E-state index in [0.717, 1.165) is 25.5 Å². The molecule has 0 saturated heterocycles. The lowest BCUT2D eigenvalue weighted by atomic mass is 9.89. The maximum Gasteiger partial charge on any atom is 0.190 e. The molecule has 4 heteroatoms. The fraction of sp³-hybridized carbons (Fsp3) is 0.917. The van der Waals surface area contributed by atoms with Crippen molar-refractivity contribution in [2.75, 3.05) is 20.1 Å². The van der Waals surface area contributed by atoms with Gasteiger partial charge < -0.3 is 10.6 Å². The summed E-state index contributed by atoms with van der Waals surface area (Å²) in [6, 6.07) is 0. The van der Waals surface area contributed by atoms with Gasteiger partial charge in [-0.3, -0.25) is 4.99 Å². The average Bonchev–Trinajstić information content (AvgIpc) is 2.66.